The molecule has 0 bridgehead atoms. The average molecular weight is 244 g/mol. The summed E-state index contributed by atoms with van der Waals surface area (Å²) in [6.45, 7) is 0.593. The van der Waals surface area contributed by atoms with Gasteiger partial charge in [0.1, 0.15) is 6.04 Å². The number of benzene rings is 1. The Bertz CT molecular complexity index is 419. The zero-order valence-electron chi connectivity index (χ0n) is 10.9. The molecule has 1 N–H and O–H groups in total. The van der Waals surface area contributed by atoms with Crippen molar-refractivity contribution in [2.24, 2.45) is 0 Å². The largest absolute Gasteiger partial charge is 0.380 e. The lowest BCUT2D eigenvalue weighted by molar-refractivity contribution is 0.185. The number of nitrogens with zero attached hydrogens (tertiary/aromatic N) is 1. The number of ether oxygens (including phenoxy) is 1. The van der Waals surface area contributed by atoms with Gasteiger partial charge in [0.25, 0.3) is 0 Å². The first-order valence-electron chi connectivity index (χ1n) is 6.57. The van der Waals surface area contributed by atoms with Gasteiger partial charge in [-0.3, -0.25) is 5.32 Å². The number of hydrogen-bond acceptors (Lipinski definition) is 3. The molecule has 1 aromatic carbocycles. The molecule has 1 aromatic rings. The van der Waals surface area contributed by atoms with Crippen LogP contribution in [0.1, 0.15) is 42.9 Å². The van der Waals surface area contributed by atoms with Crippen molar-refractivity contribution in [3.63, 3.8) is 0 Å². The molecule has 1 aliphatic carbocycles. The lowest BCUT2D eigenvalue weighted by Crippen LogP contribution is -2.29. The van der Waals surface area contributed by atoms with Gasteiger partial charge >= 0.3 is 0 Å². The van der Waals surface area contributed by atoms with Crippen LogP contribution in [-0.2, 0) is 11.3 Å². The van der Waals surface area contributed by atoms with Crippen molar-refractivity contribution in [3.8, 4) is 6.07 Å². The second-order valence-corrected chi connectivity index (χ2v) is 4.89. The maximum absolute atomic E-state index is 9.32. The maximum atomic E-state index is 9.32. The molecule has 3 heteroatoms. The molecule has 1 unspecified atom stereocenters. The van der Waals surface area contributed by atoms with E-state index in [1.165, 1.54) is 25.7 Å². The Balaban J connectivity index is 2.06. The average Bonchev–Trinajstić information content (AvgIpc) is 2.89. The SMILES string of the molecule is COCc1cccc(C(C#N)NC2CCCC2)c1. The van der Waals surface area contributed by atoms with Gasteiger partial charge in [-0.25, -0.2) is 0 Å². The Hall–Kier alpha value is -1.37. The monoisotopic (exact) mass is 244 g/mol. The molecule has 1 aliphatic rings. The van der Waals surface area contributed by atoms with Crippen LogP contribution >= 0.6 is 0 Å². The summed E-state index contributed by atoms with van der Waals surface area (Å²) in [5, 5.41) is 12.8. The zero-order chi connectivity index (χ0) is 12.8. The fourth-order valence-electron chi connectivity index (χ4n) is 2.57. The van der Waals surface area contributed by atoms with E-state index in [0.29, 0.717) is 12.6 Å². The Morgan fingerprint density at radius 3 is 2.89 bits per heavy atom. The standard InChI is InChI=1S/C15H20N2O/c1-18-11-12-5-4-6-13(9-12)15(10-16)17-14-7-2-3-8-14/h4-6,9,14-15,17H,2-3,7-8,11H2,1H3. The summed E-state index contributed by atoms with van der Waals surface area (Å²) in [6.07, 6.45) is 4.94. The van der Waals surface area contributed by atoms with E-state index in [1.807, 2.05) is 18.2 Å². The minimum atomic E-state index is -0.204. The first kappa shape index (κ1) is 13.1. The molecule has 0 amide bonds. The second kappa shape index (κ2) is 6.53. The fourth-order valence-corrected chi connectivity index (χ4v) is 2.57. The van der Waals surface area contributed by atoms with Crippen LogP contribution in [0.2, 0.25) is 0 Å². The molecule has 0 aromatic heterocycles. The molecule has 2 rings (SSSR count). The number of nitrogens with one attached hydrogen (secondary N) is 1. The maximum Gasteiger partial charge on any atom is 0.121 e. The summed E-state index contributed by atoms with van der Waals surface area (Å²) < 4.78 is 5.13. The lowest BCUT2D eigenvalue weighted by Gasteiger charge is -2.18. The van der Waals surface area contributed by atoms with Crippen LogP contribution in [-0.4, -0.2) is 13.2 Å². The smallest absolute Gasteiger partial charge is 0.121 e. The molecule has 18 heavy (non-hydrogen) atoms. The fraction of sp³-hybridized carbons (Fsp3) is 0.533. The van der Waals surface area contributed by atoms with Crippen LogP contribution in [0.5, 0.6) is 0 Å². The Morgan fingerprint density at radius 1 is 1.44 bits per heavy atom. The van der Waals surface area contributed by atoms with Crippen LogP contribution in [0.4, 0.5) is 0 Å². The molecule has 1 atom stereocenters. The van der Waals surface area contributed by atoms with Crippen molar-refractivity contribution in [3.05, 3.63) is 35.4 Å². The lowest BCUT2D eigenvalue weighted by atomic mass is 10.0. The predicted octanol–water partition coefficient (Wildman–Crippen LogP) is 2.93. The van der Waals surface area contributed by atoms with E-state index in [1.54, 1.807) is 7.11 Å². The highest BCUT2D eigenvalue weighted by Crippen LogP contribution is 2.22. The van der Waals surface area contributed by atoms with E-state index in [0.717, 1.165) is 11.1 Å². The highest BCUT2D eigenvalue weighted by atomic mass is 16.5. The van der Waals surface area contributed by atoms with Gasteiger partial charge < -0.3 is 4.74 Å². The quantitative estimate of drug-likeness (QED) is 0.866. The highest BCUT2D eigenvalue weighted by Gasteiger charge is 2.19. The molecular weight excluding hydrogens is 224 g/mol. The minimum absolute atomic E-state index is 0.204. The first-order chi connectivity index (χ1) is 8.83. The third kappa shape index (κ3) is 3.32. The molecule has 3 nitrogen and oxygen atoms in total. The minimum Gasteiger partial charge on any atom is -0.380 e. The normalized spacial score (nSPS) is 17.6. The summed E-state index contributed by atoms with van der Waals surface area (Å²) in [4.78, 5) is 0. The molecule has 1 saturated carbocycles. The molecule has 0 radical (unpaired) electrons. The summed E-state index contributed by atoms with van der Waals surface area (Å²) >= 11 is 0. The van der Waals surface area contributed by atoms with Crippen molar-refractivity contribution in [2.45, 2.75) is 44.4 Å². The van der Waals surface area contributed by atoms with Gasteiger partial charge in [-0.2, -0.15) is 5.26 Å². The molecular formula is C15H20N2O. The van der Waals surface area contributed by atoms with Gasteiger partial charge in [0.05, 0.1) is 12.7 Å². The second-order valence-electron chi connectivity index (χ2n) is 4.89. The van der Waals surface area contributed by atoms with Gasteiger partial charge in [-0.1, -0.05) is 37.1 Å². The van der Waals surface area contributed by atoms with Crippen LogP contribution in [0.25, 0.3) is 0 Å². The summed E-state index contributed by atoms with van der Waals surface area (Å²) in [7, 11) is 1.69. The van der Waals surface area contributed by atoms with Crippen LogP contribution in [0.3, 0.4) is 0 Å². The Labute approximate surface area is 109 Å². The van der Waals surface area contributed by atoms with Gasteiger partial charge in [0.15, 0.2) is 0 Å². The van der Waals surface area contributed by atoms with E-state index in [-0.39, 0.29) is 6.04 Å². The van der Waals surface area contributed by atoms with Crippen molar-refractivity contribution >= 4 is 0 Å². The summed E-state index contributed by atoms with van der Waals surface area (Å²) in [5.41, 5.74) is 2.16. The molecule has 96 valence electrons. The van der Waals surface area contributed by atoms with Crippen LogP contribution < -0.4 is 5.32 Å². The summed E-state index contributed by atoms with van der Waals surface area (Å²) in [5.74, 6) is 0. The van der Waals surface area contributed by atoms with E-state index in [4.69, 9.17) is 4.74 Å². The van der Waals surface area contributed by atoms with E-state index in [9.17, 15) is 5.26 Å². The van der Waals surface area contributed by atoms with Crippen molar-refractivity contribution in [1.82, 2.24) is 5.32 Å². The van der Waals surface area contributed by atoms with E-state index < -0.39 is 0 Å². The first-order valence-corrected chi connectivity index (χ1v) is 6.57. The topological polar surface area (TPSA) is 45.0 Å². The van der Waals surface area contributed by atoms with E-state index >= 15 is 0 Å². The van der Waals surface area contributed by atoms with Gasteiger partial charge in [-0.15, -0.1) is 0 Å². The van der Waals surface area contributed by atoms with Crippen molar-refractivity contribution in [1.29, 1.82) is 5.26 Å². The predicted molar refractivity (Wildman–Crippen MR) is 70.9 cm³/mol. The van der Waals surface area contributed by atoms with Gasteiger partial charge in [-0.05, 0) is 24.0 Å². The molecule has 0 heterocycles. The van der Waals surface area contributed by atoms with Gasteiger partial charge in [0.2, 0.25) is 0 Å². The number of hydrogen-bond donors (Lipinski definition) is 1. The third-order valence-corrected chi connectivity index (χ3v) is 3.48. The molecule has 1 fully saturated rings. The summed E-state index contributed by atoms with van der Waals surface area (Å²) in [6, 6.07) is 10.7. The number of rotatable bonds is 5. The number of methoxy groups -OCH3 is 1. The van der Waals surface area contributed by atoms with Crippen LogP contribution in [0, 0.1) is 11.3 Å². The van der Waals surface area contributed by atoms with Gasteiger partial charge in [0, 0.05) is 13.2 Å². The molecule has 0 saturated heterocycles. The Morgan fingerprint density at radius 2 is 2.22 bits per heavy atom. The Kier molecular flexibility index (Phi) is 4.74. The van der Waals surface area contributed by atoms with E-state index in [2.05, 4.69) is 17.5 Å². The highest BCUT2D eigenvalue weighted by molar-refractivity contribution is 5.29. The molecule has 0 spiro atoms. The van der Waals surface area contributed by atoms with Crippen molar-refractivity contribution in [2.75, 3.05) is 7.11 Å². The third-order valence-electron chi connectivity index (χ3n) is 3.48. The number of nitriles is 1. The molecule has 0 aliphatic heterocycles. The van der Waals surface area contributed by atoms with Crippen molar-refractivity contribution < 1.29 is 4.74 Å². The zero-order valence-corrected chi connectivity index (χ0v) is 10.9. The van der Waals surface area contributed by atoms with Crippen LogP contribution in [0.15, 0.2) is 24.3 Å².